The molecule has 0 spiro atoms. The first-order valence-electron chi connectivity index (χ1n) is 3.76. The monoisotopic (exact) mass is 178 g/mol. The van der Waals surface area contributed by atoms with Crippen LogP contribution in [0.1, 0.15) is 13.8 Å². The third-order valence-corrected chi connectivity index (χ3v) is 2.10. The maximum absolute atomic E-state index is 9.35. The van der Waals surface area contributed by atoms with Crippen molar-refractivity contribution in [1.29, 1.82) is 0 Å². The van der Waals surface area contributed by atoms with Gasteiger partial charge in [0.05, 0.1) is 5.60 Å². The molecule has 1 heterocycles. The molecule has 0 amide bonds. The van der Waals surface area contributed by atoms with Crippen LogP contribution in [0.2, 0.25) is 0 Å². The second-order valence-electron chi connectivity index (χ2n) is 3.54. The Hall–Kier alpha value is -0.200. The maximum Gasteiger partial charge on any atom is 0.184 e. The lowest BCUT2D eigenvalue weighted by Crippen LogP contribution is -2.61. The average Bonchev–Trinajstić information content (AvgIpc) is 1.97. The maximum atomic E-state index is 9.35. The molecule has 72 valence electrons. The van der Waals surface area contributed by atoms with E-state index in [4.69, 9.17) is 14.9 Å². The molecule has 1 fully saturated rings. The van der Waals surface area contributed by atoms with Gasteiger partial charge in [0.25, 0.3) is 0 Å². The largest absolute Gasteiger partial charge is 0.387 e. The van der Waals surface area contributed by atoms with E-state index in [1.165, 1.54) is 13.8 Å². The third kappa shape index (κ3) is 1.46. The smallest absolute Gasteiger partial charge is 0.184 e. The summed E-state index contributed by atoms with van der Waals surface area (Å²) in [4.78, 5) is 0. The van der Waals surface area contributed by atoms with Crippen LogP contribution in [-0.4, -0.2) is 50.6 Å². The van der Waals surface area contributed by atoms with Crippen LogP contribution in [0.15, 0.2) is 0 Å². The van der Waals surface area contributed by atoms with Crippen LogP contribution < -0.4 is 0 Å². The summed E-state index contributed by atoms with van der Waals surface area (Å²) in [5.41, 5.74) is -1.04. The van der Waals surface area contributed by atoms with Crippen molar-refractivity contribution in [3.8, 4) is 0 Å². The summed E-state index contributed by atoms with van der Waals surface area (Å²) in [5, 5.41) is 36.7. The standard InChI is InChI=1S/C7H14O5/c1-7(2)5(10)3(8)4(9)6(11)12-7/h3-6,8-11H,1-2H3/t3-,4+,5-,6?/m1/s1. The van der Waals surface area contributed by atoms with Crippen LogP contribution in [0.25, 0.3) is 0 Å². The molecule has 0 radical (unpaired) electrons. The van der Waals surface area contributed by atoms with Crippen molar-refractivity contribution in [2.45, 2.75) is 44.1 Å². The van der Waals surface area contributed by atoms with Gasteiger partial charge in [0, 0.05) is 0 Å². The minimum atomic E-state index is -1.45. The van der Waals surface area contributed by atoms with Gasteiger partial charge in [0.15, 0.2) is 6.29 Å². The summed E-state index contributed by atoms with van der Waals surface area (Å²) >= 11 is 0. The van der Waals surface area contributed by atoms with Crippen LogP contribution in [0, 0.1) is 0 Å². The highest BCUT2D eigenvalue weighted by atomic mass is 16.6. The van der Waals surface area contributed by atoms with Gasteiger partial charge in [-0.25, -0.2) is 0 Å². The molecule has 1 aliphatic rings. The highest BCUT2D eigenvalue weighted by molar-refractivity contribution is 4.94. The van der Waals surface area contributed by atoms with Gasteiger partial charge in [-0.1, -0.05) is 0 Å². The van der Waals surface area contributed by atoms with Crippen LogP contribution in [0.4, 0.5) is 0 Å². The van der Waals surface area contributed by atoms with Crippen LogP contribution >= 0.6 is 0 Å². The van der Waals surface area contributed by atoms with E-state index in [9.17, 15) is 10.2 Å². The van der Waals surface area contributed by atoms with Gasteiger partial charge in [0.1, 0.15) is 18.3 Å². The third-order valence-electron chi connectivity index (χ3n) is 2.10. The molecule has 0 aromatic rings. The average molecular weight is 178 g/mol. The molecule has 4 N–H and O–H groups in total. The fraction of sp³-hybridized carbons (Fsp3) is 1.00. The Kier molecular flexibility index (Phi) is 2.42. The highest BCUT2D eigenvalue weighted by Gasteiger charge is 2.47. The van der Waals surface area contributed by atoms with Crippen molar-refractivity contribution in [2.75, 3.05) is 0 Å². The van der Waals surface area contributed by atoms with E-state index in [1.54, 1.807) is 0 Å². The van der Waals surface area contributed by atoms with Crippen molar-refractivity contribution in [3.63, 3.8) is 0 Å². The Morgan fingerprint density at radius 3 is 2.00 bits per heavy atom. The molecule has 0 saturated carbocycles. The van der Waals surface area contributed by atoms with Gasteiger partial charge in [-0.3, -0.25) is 0 Å². The fourth-order valence-electron chi connectivity index (χ4n) is 1.22. The lowest BCUT2D eigenvalue weighted by molar-refractivity contribution is -0.310. The first kappa shape index (κ1) is 9.88. The highest BCUT2D eigenvalue weighted by Crippen LogP contribution is 2.27. The summed E-state index contributed by atoms with van der Waals surface area (Å²) in [5.74, 6) is 0. The van der Waals surface area contributed by atoms with Gasteiger partial charge in [-0.05, 0) is 13.8 Å². The Bertz CT molecular complexity index is 169. The molecule has 5 heteroatoms. The zero-order valence-corrected chi connectivity index (χ0v) is 7.01. The van der Waals surface area contributed by atoms with Crippen molar-refractivity contribution in [1.82, 2.24) is 0 Å². The number of rotatable bonds is 0. The normalized spacial score (nSPS) is 47.5. The number of ether oxygens (including phenoxy) is 1. The summed E-state index contributed by atoms with van der Waals surface area (Å²) in [6.45, 7) is 3.05. The lowest BCUT2D eigenvalue weighted by Gasteiger charge is -2.43. The van der Waals surface area contributed by atoms with Gasteiger partial charge < -0.3 is 25.2 Å². The van der Waals surface area contributed by atoms with Crippen molar-refractivity contribution >= 4 is 0 Å². The minimum absolute atomic E-state index is 1.04. The molecule has 12 heavy (non-hydrogen) atoms. The molecular formula is C7H14O5. The first-order chi connectivity index (χ1) is 5.36. The Labute approximate surface area is 70.2 Å². The van der Waals surface area contributed by atoms with E-state index in [-0.39, 0.29) is 0 Å². The van der Waals surface area contributed by atoms with Crippen molar-refractivity contribution < 1.29 is 25.2 Å². The molecule has 4 atom stereocenters. The van der Waals surface area contributed by atoms with Crippen LogP contribution in [0.3, 0.4) is 0 Å². The summed E-state index contributed by atoms with van der Waals surface area (Å²) < 4.78 is 4.86. The van der Waals surface area contributed by atoms with E-state index < -0.39 is 30.2 Å². The number of hydrogen-bond acceptors (Lipinski definition) is 5. The van der Waals surface area contributed by atoms with E-state index >= 15 is 0 Å². The van der Waals surface area contributed by atoms with Crippen LogP contribution in [0.5, 0.6) is 0 Å². The molecule has 1 aliphatic heterocycles. The molecule has 0 aromatic carbocycles. The zero-order valence-electron chi connectivity index (χ0n) is 7.01. The lowest BCUT2D eigenvalue weighted by atomic mass is 9.90. The number of aliphatic hydroxyl groups excluding tert-OH is 4. The van der Waals surface area contributed by atoms with Crippen molar-refractivity contribution in [2.24, 2.45) is 0 Å². The molecular weight excluding hydrogens is 164 g/mol. The Morgan fingerprint density at radius 2 is 1.50 bits per heavy atom. The predicted molar refractivity (Wildman–Crippen MR) is 39.2 cm³/mol. The minimum Gasteiger partial charge on any atom is -0.387 e. The predicted octanol–water partition coefficient (Wildman–Crippen LogP) is -1.80. The van der Waals surface area contributed by atoms with E-state index in [0.29, 0.717) is 0 Å². The summed E-state index contributed by atoms with van der Waals surface area (Å²) in [6.07, 6.45) is -5.47. The molecule has 1 unspecified atom stereocenters. The second-order valence-corrected chi connectivity index (χ2v) is 3.54. The molecule has 1 saturated heterocycles. The second kappa shape index (κ2) is 2.93. The topological polar surface area (TPSA) is 90.2 Å². The van der Waals surface area contributed by atoms with E-state index in [1.807, 2.05) is 0 Å². The zero-order chi connectivity index (χ0) is 9.52. The Balaban J connectivity index is 2.78. The van der Waals surface area contributed by atoms with E-state index in [0.717, 1.165) is 0 Å². The SMILES string of the molecule is CC1(C)OC(O)[C@@H](O)[C@@H](O)[C@H]1O. The number of aliphatic hydroxyl groups is 4. The molecule has 5 nitrogen and oxygen atoms in total. The van der Waals surface area contributed by atoms with Crippen molar-refractivity contribution in [3.05, 3.63) is 0 Å². The summed E-state index contributed by atoms with van der Waals surface area (Å²) in [6, 6.07) is 0. The Morgan fingerprint density at radius 1 is 1.00 bits per heavy atom. The van der Waals surface area contributed by atoms with E-state index in [2.05, 4.69) is 0 Å². The van der Waals surface area contributed by atoms with Crippen LogP contribution in [-0.2, 0) is 4.74 Å². The quantitative estimate of drug-likeness (QED) is 0.351. The first-order valence-corrected chi connectivity index (χ1v) is 3.76. The molecule has 1 rings (SSSR count). The van der Waals surface area contributed by atoms with Gasteiger partial charge >= 0.3 is 0 Å². The van der Waals surface area contributed by atoms with Gasteiger partial charge in [0.2, 0.25) is 0 Å². The molecule has 0 bridgehead atoms. The summed E-state index contributed by atoms with van der Waals surface area (Å²) in [7, 11) is 0. The number of hydrogen-bond donors (Lipinski definition) is 4. The molecule has 0 aromatic heterocycles. The van der Waals surface area contributed by atoms with Gasteiger partial charge in [-0.2, -0.15) is 0 Å². The van der Waals surface area contributed by atoms with Gasteiger partial charge in [-0.15, -0.1) is 0 Å². The fourth-order valence-corrected chi connectivity index (χ4v) is 1.22. The molecule has 0 aliphatic carbocycles.